The minimum Gasteiger partial charge on any atom is -0.325 e. The van der Waals surface area contributed by atoms with Gasteiger partial charge in [0.2, 0.25) is 11.8 Å². The molecule has 144 valence electrons. The average molecular weight is 378 g/mol. The van der Waals surface area contributed by atoms with E-state index >= 15 is 0 Å². The third-order valence-electron chi connectivity index (χ3n) is 5.96. The normalized spacial score (nSPS) is 27.7. The van der Waals surface area contributed by atoms with Gasteiger partial charge < -0.3 is 15.5 Å². The fraction of sp³-hybridized carbons (Fsp3) is 0.500. The van der Waals surface area contributed by atoms with Gasteiger partial charge in [0.15, 0.2) is 0 Å². The molecule has 2 N–H and O–H groups in total. The van der Waals surface area contributed by atoms with Crippen LogP contribution < -0.4 is 10.6 Å². The summed E-state index contributed by atoms with van der Waals surface area (Å²) < 4.78 is 0. The molecule has 0 radical (unpaired) electrons. The molecule has 28 heavy (non-hydrogen) atoms. The zero-order chi connectivity index (χ0) is 19.8. The van der Waals surface area contributed by atoms with Crippen LogP contribution >= 0.6 is 0 Å². The molecule has 3 aliphatic rings. The summed E-state index contributed by atoms with van der Waals surface area (Å²) in [5.74, 6) is -0.222. The number of likely N-dealkylation sites (tertiary alicyclic amines) is 2. The van der Waals surface area contributed by atoms with Gasteiger partial charge in [-0.2, -0.15) is 10.5 Å². The van der Waals surface area contributed by atoms with E-state index in [-0.39, 0.29) is 23.9 Å². The van der Waals surface area contributed by atoms with E-state index in [1.165, 1.54) is 0 Å². The summed E-state index contributed by atoms with van der Waals surface area (Å²) in [4.78, 5) is 30.9. The molecule has 1 unspecified atom stereocenters. The Kier molecular flexibility index (Phi) is 4.76. The largest absolute Gasteiger partial charge is 0.325 e. The Morgan fingerprint density at radius 2 is 2.18 bits per heavy atom. The fourth-order valence-electron chi connectivity index (χ4n) is 4.64. The lowest BCUT2D eigenvalue weighted by Gasteiger charge is -2.35. The van der Waals surface area contributed by atoms with Gasteiger partial charge in [0.05, 0.1) is 35.8 Å². The van der Waals surface area contributed by atoms with Crippen LogP contribution in [-0.4, -0.2) is 65.4 Å². The molecule has 1 aromatic carbocycles. The lowest BCUT2D eigenvalue weighted by Crippen LogP contribution is -2.56. The van der Waals surface area contributed by atoms with Gasteiger partial charge in [-0.15, -0.1) is 0 Å². The lowest BCUT2D eigenvalue weighted by atomic mass is 10.1. The Labute approximate surface area is 163 Å². The Bertz CT molecular complexity index is 887. The minimum absolute atomic E-state index is 0.0120. The maximum Gasteiger partial charge on any atom is 0.244 e. The van der Waals surface area contributed by atoms with Crippen LogP contribution in [0.2, 0.25) is 0 Å². The first-order chi connectivity index (χ1) is 13.5. The highest BCUT2D eigenvalue weighted by Crippen LogP contribution is 2.36. The van der Waals surface area contributed by atoms with Crippen molar-refractivity contribution in [3.05, 3.63) is 29.8 Å². The first-order valence-corrected chi connectivity index (χ1v) is 9.56. The molecular formula is C20H22N6O2. The Morgan fingerprint density at radius 3 is 2.89 bits per heavy atom. The number of hydrogen-bond acceptors (Lipinski definition) is 6. The van der Waals surface area contributed by atoms with Gasteiger partial charge in [-0.05, 0) is 37.5 Å². The third-order valence-corrected chi connectivity index (χ3v) is 5.96. The second-order valence-electron chi connectivity index (χ2n) is 7.65. The zero-order valence-corrected chi connectivity index (χ0v) is 15.5. The van der Waals surface area contributed by atoms with Crippen molar-refractivity contribution in [3.8, 4) is 12.1 Å². The van der Waals surface area contributed by atoms with Crippen LogP contribution in [0.5, 0.6) is 0 Å². The van der Waals surface area contributed by atoms with Crippen LogP contribution in [0.15, 0.2) is 24.3 Å². The minimum atomic E-state index is -0.739. The van der Waals surface area contributed by atoms with Crippen molar-refractivity contribution in [2.75, 3.05) is 24.5 Å². The van der Waals surface area contributed by atoms with Crippen molar-refractivity contribution in [2.24, 2.45) is 5.73 Å². The smallest absolute Gasteiger partial charge is 0.244 e. The third kappa shape index (κ3) is 3.01. The monoisotopic (exact) mass is 378 g/mol. The number of fused-ring (bicyclic) bond motifs is 2. The second-order valence-corrected chi connectivity index (χ2v) is 7.65. The van der Waals surface area contributed by atoms with Crippen LogP contribution in [0, 0.1) is 22.7 Å². The van der Waals surface area contributed by atoms with Crippen LogP contribution in [0.4, 0.5) is 5.69 Å². The van der Waals surface area contributed by atoms with Gasteiger partial charge in [0.25, 0.3) is 0 Å². The van der Waals surface area contributed by atoms with Gasteiger partial charge in [0.1, 0.15) is 6.04 Å². The van der Waals surface area contributed by atoms with E-state index in [4.69, 9.17) is 11.0 Å². The summed E-state index contributed by atoms with van der Waals surface area (Å²) in [5, 5.41) is 18.3. The molecule has 3 heterocycles. The van der Waals surface area contributed by atoms with E-state index < -0.39 is 12.1 Å². The summed E-state index contributed by atoms with van der Waals surface area (Å²) >= 11 is 0. The number of anilines is 1. The van der Waals surface area contributed by atoms with Crippen LogP contribution in [0.1, 0.15) is 24.8 Å². The molecule has 8 nitrogen and oxygen atoms in total. The van der Waals surface area contributed by atoms with E-state index in [0.29, 0.717) is 38.0 Å². The van der Waals surface area contributed by atoms with Gasteiger partial charge in [-0.1, -0.05) is 6.07 Å². The predicted molar refractivity (Wildman–Crippen MR) is 101 cm³/mol. The molecule has 0 aromatic heterocycles. The van der Waals surface area contributed by atoms with Crippen molar-refractivity contribution in [1.29, 1.82) is 10.5 Å². The fourth-order valence-corrected chi connectivity index (χ4v) is 4.64. The van der Waals surface area contributed by atoms with Crippen molar-refractivity contribution in [3.63, 3.8) is 0 Å². The molecule has 8 heteroatoms. The Balaban J connectivity index is 1.42. The summed E-state index contributed by atoms with van der Waals surface area (Å²) in [7, 11) is 0. The van der Waals surface area contributed by atoms with Gasteiger partial charge in [-0.25, -0.2) is 0 Å². The number of benzene rings is 1. The van der Waals surface area contributed by atoms with Gasteiger partial charge >= 0.3 is 0 Å². The first kappa shape index (κ1) is 18.4. The van der Waals surface area contributed by atoms with Crippen molar-refractivity contribution >= 4 is 17.5 Å². The quantitative estimate of drug-likeness (QED) is 0.799. The number of hydrogen-bond donors (Lipinski definition) is 1. The average Bonchev–Trinajstić information content (AvgIpc) is 3.41. The van der Waals surface area contributed by atoms with E-state index in [2.05, 4.69) is 12.1 Å². The van der Waals surface area contributed by atoms with E-state index in [1.807, 2.05) is 11.0 Å². The molecule has 3 aliphatic heterocycles. The maximum absolute atomic E-state index is 12.9. The first-order valence-electron chi connectivity index (χ1n) is 9.56. The predicted octanol–water partition coefficient (Wildman–Crippen LogP) is 0.190. The topological polar surface area (TPSA) is 117 Å². The molecule has 4 atom stereocenters. The molecule has 1 aromatic rings. The zero-order valence-electron chi connectivity index (χ0n) is 15.5. The number of carbonyl (C=O) groups is 2. The van der Waals surface area contributed by atoms with Crippen LogP contribution in [0.3, 0.4) is 0 Å². The van der Waals surface area contributed by atoms with Crippen LogP contribution in [-0.2, 0) is 9.59 Å². The van der Waals surface area contributed by atoms with Crippen molar-refractivity contribution < 1.29 is 9.59 Å². The van der Waals surface area contributed by atoms with E-state index in [9.17, 15) is 14.9 Å². The molecule has 0 saturated carbocycles. The standard InChI is InChI=1S/C20H22N6O2/c21-9-13-3-1-4-14(7-13)26-16-8-18(20(26)28)24(11-16)12-17(23)19(27)25-6-2-5-15(25)10-22/h1,3-4,7,15-18H,2,5-6,8,11-12,23H2/t15-,16?,17-,18-/m0/s1. The highest BCUT2D eigenvalue weighted by molar-refractivity contribution is 6.01. The molecule has 3 fully saturated rings. The summed E-state index contributed by atoms with van der Waals surface area (Å²) in [6.45, 7) is 1.53. The number of amides is 2. The van der Waals surface area contributed by atoms with Gasteiger partial charge in [-0.3, -0.25) is 14.5 Å². The highest BCUT2D eigenvalue weighted by Gasteiger charge is 2.50. The molecule has 2 amide bonds. The van der Waals surface area contributed by atoms with Crippen molar-refractivity contribution in [2.45, 2.75) is 43.4 Å². The second kappa shape index (κ2) is 7.23. The number of nitriles is 2. The Morgan fingerprint density at radius 1 is 1.36 bits per heavy atom. The lowest BCUT2D eigenvalue weighted by molar-refractivity contribution is -0.134. The summed E-state index contributed by atoms with van der Waals surface area (Å²) in [6, 6.07) is 9.93. The number of nitrogens with zero attached hydrogens (tertiary/aromatic N) is 5. The number of nitrogens with two attached hydrogens (primary N) is 1. The molecule has 3 saturated heterocycles. The number of carbonyl (C=O) groups excluding carboxylic acids is 2. The molecular weight excluding hydrogens is 356 g/mol. The molecule has 0 spiro atoms. The summed E-state index contributed by atoms with van der Waals surface area (Å²) in [5.41, 5.74) is 7.42. The molecule has 0 aliphatic carbocycles. The summed E-state index contributed by atoms with van der Waals surface area (Å²) in [6.07, 6.45) is 2.21. The molecule has 4 rings (SSSR count). The van der Waals surface area contributed by atoms with E-state index in [1.54, 1.807) is 28.0 Å². The molecule has 2 bridgehead atoms. The Hall–Kier alpha value is -2.94. The number of rotatable bonds is 4. The van der Waals surface area contributed by atoms with Gasteiger partial charge in [0, 0.05) is 25.3 Å². The number of piperazine rings is 1. The SMILES string of the molecule is N#Cc1cccc(N2C(=O)[C@@H]3CC2CN3C[C@H](N)C(=O)N2CCC[C@H]2C#N)c1. The van der Waals surface area contributed by atoms with E-state index in [0.717, 1.165) is 12.1 Å². The maximum atomic E-state index is 12.9. The van der Waals surface area contributed by atoms with Crippen LogP contribution in [0.25, 0.3) is 0 Å². The highest BCUT2D eigenvalue weighted by atomic mass is 16.2. The van der Waals surface area contributed by atoms with Crippen molar-refractivity contribution in [1.82, 2.24) is 9.80 Å².